The van der Waals surface area contributed by atoms with Crippen molar-refractivity contribution in [2.45, 2.75) is 13.1 Å². The van der Waals surface area contributed by atoms with Crippen LogP contribution in [0.3, 0.4) is 0 Å². The van der Waals surface area contributed by atoms with Gasteiger partial charge in [-0.15, -0.1) is 0 Å². The molecule has 0 radical (unpaired) electrons. The van der Waals surface area contributed by atoms with Crippen molar-refractivity contribution in [2.75, 3.05) is 31.3 Å². The summed E-state index contributed by atoms with van der Waals surface area (Å²) >= 11 is 0. The first kappa shape index (κ1) is 20.1. The number of hydrogen-bond donors (Lipinski definition) is 1. The van der Waals surface area contributed by atoms with Gasteiger partial charge in [0.15, 0.2) is 6.61 Å². The van der Waals surface area contributed by atoms with Crippen molar-refractivity contribution in [1.29, 1.82) is 0 Å². The Balaban J connectivity index is 1.57. The number of benzene rings is 2. The van der Waals surface area contributed by atoms with Crippen molar-refractivity contribution >= 4 is 22.9 Å². The van der Waals surface area contributed by atoms with Crippen molar-refractivity contribution in [3.8, 4) is 17.0 Å². The van der Waals surface area contributed by atoms with Gasteiger partial charge in [0, 0.05) is 37.6 Å². The number of carbonyl (C=O) groups is 1. The van der Waals surface area contributed by atoms with Gasteiger partial charge >= 0.3 is 0 Å². The standard InChI is InChI=1S/C25H25N5O2/c1-28(13-17-6-4-3-5-7-17)15-21-25(27-23-11-9-19(26)14-30(21)23)18-8-10-22-20(12-18)29(2)24(31)16-32-22/h3-12,14H,13,15-16,26H2,1-2H3. The van der Waals surface area contributed by atoms with E-state index in [0.717, 1.165) is 34.8 Å². The first-order valence-electron chi connectivity index (χ1n) is 10.5. The molecular formula is C25H25N5O2. The maximum absolute atomic E-state index is 12.1. The summed E-state index contributed by atoms with van der Waals surface area (Å²) < 4.78 is 7.64. The van der Waals surface area contributed by atoms with Gasteiger partial charge in [0.1, 0.15) is 11.4 Å². The summed E-state index contributed by atoms with van der Waals surface area (Å²) in [5.74, 6) is 0.631. The summed E-state index contributed by atoms with van der Waals surface area (Å²) in [4.78, 5) is 20.9. The lowest BCUT2D eigenvalue weighted by molar-refractivity contribution is -0.120. The first-order valence-corrected chi connectivity index (χ1v) is 10.5. The van der Waals surface area contributed by atoms with Gasteiger partial charge in [-0.3, -0.25) is 9.69 Å². The number of rotatable bonds is 5. The number of aromatic nitrogens is 2. The minimum Gasteiger partial charge on any atom is -0.482 e. The molecule has 0 saturated heterocycles. The lowest BCUT2D eigenvalue weighted by Gasteiger charge is -2.26. The quantitative estimate of drug-likeness (QED) is 0.527. The van der Waals surface area contributed by atoms with E-state index in [1.165, 1.54) is 5.56 Å². The molecule has 0 spiro atoms. The Bertz CT molecular complexity index is 1300. The van der Waals surface area contributed by atoms with Crippen LogP contribution in [0.2, 0.25) is 0 Å². The monoisotopic (exact) mass is 427 g/mol. The Labute approximate surface area is 186 Å². The smallest absolute Gasteiger partial charge is 0.264 e. The zero-order chi connectivity index (χ0) is 22.2. The van der Waals surface area contributed by atoms with E-state index >= 15 is 0 Å². The Kier molecular flexibility index (Phi) is 5.03. The minimum absolute atomic E-state index is 0.0615. The molecule has 0 saturated carbocycles. The molecule has 0 bridgehead atoms. The average Bonchev–Trinajstić information content (AvgIpc) is 3.14. The van der Waals surface area contributed by atoms with Gasteiger partial charge < -0.3 is 19.8 Å². The van der Waals surface area contributed by atoms with Gasteiger partial charge in [-0.05, 0) is 42.9 Å². The van der Waals surface area contributed by atoms with E-state index in [-0.39, 0.29) is 12.5 Å². The number of likely N-dealkylation sites (N-methyl/N-ethyl adjacent to an activating group) is 1. The number of nitrogens with zero attached hydrogens (tertiary/aromatic N) is 4. The highest BCUT2D eigenvalue weighted by molar-refractivity contribution is 5.98. The van der Waals surface area contributed by atoms with Crippen LogP contribution in [0.4, 0.5) is 11.4 Å². The predicted octanol–water partition coefficient (Wildman–Crippen LogP) is 3.57. The molecule has 4 aromatic rings. The molecule has 0 atom stereocenters. The molecule has 1 aliphatic heterocycles. The van der Waals surface area contributed by atoms with E-state index in [2.05, 4.69) is 40.6 Å². The number of hydrogen-bond acceptors (Lipinski definition) is 5. The highest BCUT2D eigenvalue weighted by atomic mass is 16.5. The molecule has 0 aliphatic carbocycles. The lowest BCUT2D eigenvalue weighted by atomic mass is 10.1. The molecule has 3 heterocycles. The molecule has 5 rings (SSSR count). The van der Waals surface area contributed by atoms with Crippen molar-refractivity contribution in [1.82, 2.24) is 14.3 Å². The van der Waals surface area contributed by atoms with Crippen molar-refractivity contribution in [3.63, 3.8) is 0 Å². The van der Waals surface area contributed by atoms with E-state index in [9.17, 15) is 4.79 Å². The van der Waals surface area contributed by atoms with Crippen molar-refractivity contribution < 1.29 is 9.53 Å². The number of amides is 1. The molecule has 162 valence electrons. The fourth-order valence-corrected chi connectivity index (χ4v) is 4.12. The number of fused-ring (bicyclic) bond motifs is 2. The Morgan fingerprint density at radius 2 is 1.91 bits per heavy atom. The highest BCUT2D eigenvalue weighted by Crippen LogP contribution is 2.36. The van der Waals surface area contributed by atoms with Crippen molar-refractivity contribution in [2.24, 2.45) is 0 Å². The van der Waals surface area contributed by atoms with Crippen LogP contribution in [0.5, 0.6) is 5.75 Å². The maximum atomic E-state index is 12.1. The van der Waals surface area contributed by atoms with Crippen LogP contribution in [0, 0.1) is 0 Å². The van der Waals surface area contributed by atoms with Gasteiger partial charge in [-0.25, -0.2) is 4.98 Å². The number of imidazole rings is 1. The minimum atomic E-state index is -0.0692. The molecule has 2 aromatic carbocycles. The zero-order valence-electron chi connectivity index (χ0n) is 18.2. The van der Waals surface area contributed by atoms with Gasteiger partial charge in [-0.1, -0.05) is 30.3 Å². The Morgan fingerprint density at radius 3 is 2.72 bits per heavy atom. The van der Waals surface area contributed by atoms with Crippen LogP contribution < -0.4 is 15.4 Å². The molecule has 0 unspecified atom stereocenters. The van der Waals surface area contributed by atoms with E-state index in [0.29, 0.717) is 18.0 Å². The second-order valence-electron chi connectivity index (χ2n) is 8.18. The molecule has 1 aliphatic rings. The Hall–Kier alpha value is -3.84. The summed E-state index contributed by atoms with van der Waals surface area (Å²) in [6.45, 7) is 1.55. The fourth-order valence-electron chi connectivity index (χ4n) is 4.12. The van der Waals surface area contributed by atoms with Crippen LogP contribution in [0.1, 0.15) is 11.3 Å². The number of pyridine rings is 1. The highest BCUT2D eigenvalue weighted by Gasteiger charge is 2.24. The maximum Gasteiger partial charge on any atom is 0.264 e. The lowest BCUT2D eigenvalue weighted by Crippen LogP contribution is -2.35. The zero-order valence-corrected chi connectivity index (χ0v) is 18.2. The van der Waals surface area contributed by atoms with E-state index in [1.807, 2.05) is 42.6 Å². The third-order valence-electron chi connectivity index (χ3n) is 5.77. The molecule has 0 fully saturated rings. The molecule has 7 nitrogen and oxygen atoms in total. The number of carbonyl (C=O) groups excluding carboxylic acids is 1. The molecule has 32 heavy (non-hydrogen) atoms. The SMILES string of the molecule is CN(Cc1ccccc1)Cc1c(-c2ccc3c(c2)N(C)C(=O)CO3)nc2ccc(N)cn12. The number of nitrogen functional groups attached to an aromatic ring is 1. The molecule has 2 aromatic heterocycles. The molecule has 7 heteroatoms. The van der Waals surface area contributed by atoms with E-state index in [1.54, 1.807) is 11.9 Å². The second-order valence-corrected chi connectivity index (χ2v) is 8.18. The third kappa shape index (κ3) is 3.67. The van der Waals surface area contributed by atoms with Crippen LogP contribution in [0.25, 0.3) is 16.9 Å². The first-order chi connectivity index (χ1) is 15.5. The van der Waals surface area contributed by atoms with Crippen LogP contribution in [-0.2, 0) is 17.9 Å². The summed E-state index contributed by atoms with van der Waals surface area (Å²) in [6, 6.07) is 20.0. The topological polar surface area (TPSA) is 76.1 Å². The summed E-state index contributed by atoms with van der Waals surface area (Å²) in [5.41, 5.74) is 12.4. The summed E-state index contributed by atoms with van der Waals surface area (Å²) in [5, 5.41) is 0. The van der Waals surface area contributed by atoms with Crippen LogP contribution in [-0.4, -0.2) is 40.9 Å². The summed E-state index contributed by atoms with van der Waals surface area (Å²) in [6.07, 6.45) is 1.91. The molecule has 2 N–H and O–H groups in total. The molecule has 1 amide bonds. The second kappa shape index (κ2) is 8.01. The number of ether oxygens (including phenoxy) is 1. The van der Waals surface area contributed by atoms with E-state index in [4.69, 9.17) is 15.5 Å². The number of nitrogens with two attached hydrogens (primary N) is 1. The van der Waals surface area contributed by atoms with Crippen LogP contribution >= 0.6 is 0 Å². The van der Waals surface area contributed by atoms with Gasteiger partial charge in [0.05, 0.1) is 17.1 Å². The van der Waals surface area contributed by atoms with Gasteiger partial charge in [-0.2, -0.15) is 0 Å². The fraction of sp³-hybridized carbons (Fsp3) is 0.200. The Morgan fingerprint density at radius 1 is 1.09 bits per heavy atom. The van der Waals surface area contributed by atoms with Gasteiger partial charge in [0.2, 0.25) is 0 Å². The van der Waals surface area contributed by atoms with Crippen molar-refractivity contribution in [3.05, 3.63) is 78.1 Å². The number of anilines is 2. The predicted molar refractivity (Wildman–Crippen MR) is 126 cm³/mol. The molecular weight excluding hydrogens is 402 g/mol. The average molecular weight is 428 g/mol. The largest absolute Gasteiger partial charge is 0.482 e. The third-order valence-corrected chi connectivity index (χ3v) is 5.77. The van der Waals surface area contributed by atoms with E-state index < -0.39 is 0 Å². The normalized spacial score (nSPS) is 13.5. The van der Waals surface area contributed by atoms with Gasteiger partial charge in [0.25, 0.3) is 5.91 Å². The van der Waals surface area contributed by atoms with Crippen LogP contribution in [0.15, 0.2) is 66.9 Å². The summed E-state index contributed by atoms with van der Waals surface area (Å²) in [7, 11) is 3.86.